The number of amides is 1. The summed E-state index contributed by atoms with van der Waals surface area (Å²) in [5.74, 6) is 0.699. The van der Waals surface area contributed by atoms with Crippen LogP contribution in [0.3, 0.4) is 0 Å². The van der Waals surface area contributed by atoms with Gasteiger partial charge in [0, 0.05) is 31.6 Å². The maximum absolute atomic E-state index is 14.5. The third kappa shape index (κ3) is 7.73. The number of hydrogen-bond donors (Lipinski definition) is 4. The summed E-state index contributed by atoms with van der Waals surface area (Å²) >= 11 is 0. The quantitative estimate of drug-likeness (QED) is 0.107. The zero-order valence-corrected chi connectivity index (χ0v) is 26.6. The van der Waals surface area contributed by atoms with Crippen molar-refractivity contribution in [1.82, 2.24) is 10.9 Å². The third-order valence-corrected chi connectivity index (χ3v) is 9.07. The Hall–Kier alpha value is -4.50. The molecule has 1 aliphatic heterocycles. The van der Waals surface area contributed by atoms with Crippen LogP contribution in [0.4, 0.5) is 0 Å². The summed E-state index contributed by atoms with van der Waals surface area (Å²) in [5, 5.41) is 20.2. The molecule has 244 valence electrons. The highest BCUT2D eigenvalue weighted by atomic mass is 16.5. The third-order valence-electron chi connectivity index (χ3n) is 9.07. The van der Waals surface area contributed by atoms with E-state index < -0.39 is 17.2 Å². The summed E-state index contributed by atoms with van der Waals surface area (Å²) < 4.78 is 12.4. The Kier molecular flexibility index (Phi) is 10.3. The minimum Gasteiger partial charge on any atom is -0.494 e. The van der Waals surface area contributed by atoms with Gasteiger partial charge in [0.2, 0.25) is 5.90 Å². The molecule has 1 amide bonds. The number of aliphatic hydroxyl groups is 2. The highest BCUT2D eigenvalue weighted by Crippen LogP contribution is 2.43. The second kappa shape index (κ2) is 14.9. The fraction of sp³-hybridized carbons (Fsp3) is 0.333. The van der Waals surface area contributed by atoms with E-state index >= 15 is 0 Å². The van der Waals surface area contributed by atoms with Crippen molar-refractivity contribution in [3.05, 3.63) is 126 Å². The molecule has 0 radical (unpaired) electrons. The molecule has 0 spiro atoms. The van der Waals surface area contributed by atoms with Crippen LogP contribution in [-0.4, -0.2) is 52.9 Å². The number of aliphatic imine (C=N–C) groups is 1. The second-order valence-corrected chi connectivity index (χ2v) is 12.5. The lowest BCUT2D eigenvalue weighted by Gasteiger charge is -2.34. The number of aliphatic hydroxyl groups excluding tert-OH is 1. The number of benzene rings is 4. The lowest BCUT2D eigenvalue weighted by atomic mass is 9.81. The predicted molar refractivity (Wildman–Crippen MR) is 183 cm³/mol. The van der Waals surface area contributed by atoms with E-state index in [-0.39, 0.29) is 19.1 Å². The van der Waals surface area contributed by atoms with E-state index in [1.807, 2.05) is 97.1 Å². The molecule has 1 aliphatic carbocycles. The minimum absolute atomic E-state index is 0.0656. The summed E-state index contributed by atoms with van der Waals surface area (Å²) in [6.45, 7) is 0.735. The molecule has 6 rings (SSSR count). The highest BCUT2D eigenvalue weighted by molar-refractivity contribution is 6.01. The van der Waals surface area contributed by atoms with Gasteiger partial charge in [0.1, 0.15) is 5.75 Å². The Morgan fingerprint density at radius 3 is 2.15 bits per heavy atom. The van der Waals surface area contributed by atoms with Gasteiger partial charge in [0.15, 0.2) is 11.6 Å². The topological polar surface area (TPSA) is 112 Å². The summed E-state index contributed by atoms with van der Waals surface area (Å²) in [5.41, 5.74) is 8.43. The summed E-state index contributed by atoms with van der Waals surface area (Å²) in [4.78, 5) is 19.6. The number of hydrazine groups is 1. The van der Waals surface area contributed by atoms with E-state index in [4.69, 9.17) is 19.6 Å². The first-order valence-corrected chi connectivity index (χ1v) is 16.5. The van der Waals surface area contributed by atoms with Crippen LogP contribution in [0.15, 0.2) is 114 Å². The van der Waals surface area contributed by atoms with E-state index in [0.29, 0.717) is 43.9 Å². The first-order chi connectivity index (χ1) is 23.0. The van der Waals surface area contributed by atoms with Crippen molar-refractivity contribution in [1.29, 1.82) is 0 Å². The average Bonchev–Trinajstić information content (AvgIpc) is 3.50. The average molecular weight is 634 g/mol. The molecule has 47 heavy (non-hydrogen) atoms. The molecule has 1 saturated carbocycles. The molecule has 2 aliphatic rings. The molecule has 4 aromatic rings. The van der Waals surface area contributed by atoms with E-state index in [1.165, 1.54) is 0 Å². The maximum atomic E-state index is 14.5. The van der Waals surface area contributed by atoms with Crippen molar-refractivity contribution in [2.75, 3.05) is 19.8 Å². The predicted octanol–water partition coefficient (Wildman–Crippen LogP) is 5.93. The van der Waals surface area contributed by atoms with Gasteiger partial charge in [-0.25, -0.2) is 10.4 Å². The van der Waals surface area contributed by atoms with Crippen LogP contribution in [0.2, 0.25) is 0 Å². The van der Waals surface area contributed by atoms with E-state index in [9.17, 15) is 9.90 Å². The molecule has 4 N–H and O–H groups in total. The van der Waals surface area contributed by atoms with Gasteiger partial charge in [0.25, 0.3) is 5.91 Å². The van der Waals surface area contributed by atoms with Crippen LogP contribution in [0.25, 0.3) is 11.1 Å². The largest absolute Gasteiger partial charge is 0.494 e. The van der Waals surface area contributed by atoms with Gasteiger partial charge in [-0.15, -0.1) is 0 Å². The zero-order valence-electron chi connectivity index (χ0n) is 26.6. The first kappa shape index (κ1) is 32.4. The Morgan fingerprint density at radius 2 is 1.47 bits per heavy atom. The van der Waals surface area contributed by atoms with Crippen molar-refractivity contribution in [3.63, 3.8) is 0 Å². The maximum Gasteiger partial charge on any atom is 0.266 e. The molecule has 1 fully saturated rings. The Morgan fingerprint density at radius 1 is 0.830 bits per heavy atom. The Labute approximate surface area is 276 Å². The van der Waals surface area contributed by atoms with Crippen molar-refractivity contribution in [2.45, 2.75) is 62.2 Å². The zero-order chi connectivity index (χ0) is 32.5. The van der Waals surface area contributed by atoms with E-state index in [1.54, 1.807) is 0 Å². The van der Waals surface area contributed by atoms with Gasteiger partial charge in [-0.2, -0.15) is 0 Å². The monoisotopic (exact) mass is 633 g/mol. The summed E-state index contributed by atoms with van der Waals surface area (Å²) in [7, 11) is 0. The lowest BCUT2D eigenvalue weighted by molar-refractivity contribution is -0.130. The normalized spacial score (nSPS) is 20.2. The molecule has 4 aromatic carbocycles. The molecule has 1 heterocycles. The first-order valence-electron chi connectivity index (χ1n) is 16.5. The smallest absolute Gasteiger partial charge is 0.266 e. The fourth-order valence-electron chi connectivity index (χ4n) is 6.45. The number of carbonyl (C=O) groups excluding carboxylic acids is 1. The Bertz CT molecular complexity index is 1620. The van der Waals surface area contributed by atoms with Gasteiger partial charge in [-0.05, 0) is 59.4 Å². The van der Waals surface area contributed by atoms with Crippen LogP contribution >= 0.6 is 0 Å². The van der Waals surface area contributed by atoms with Crippen LogP contribution in [0.1, 0.15) is 61.3 Å². The number of nitrogens with one attached hydrogen (secondary N) is 2. The van der Waals surface area contributed by atoms with Crippen molar-refractivity contribution in [3.8, 4) is 16.9 Å². The number of hydrogen-bond acceptors (Lipinski definition) is 7. The van der Waals surface area contributed by atoms with E-state index in [0.717, 1.165) is 47.1 Å². The SMILES string of the molecule is O=C(NNCC1(O)CCCCC1)[C@@]1(Cc2ccccc2)N=C(c2ccc(OCCCO)cc2)O[C@H]1c1ccc(-c2ccccc2)cc1. The summed E-state index contributed by atoms with van der Waals surface area (Å²) in [6.07, 6.45) is 4.56. The van der Waals surface area contributed by atoms with Crippen LogP contribution < -0.4 is 15.6 Å². The highest BCUT2D eigenvalue weighted by Gasteiger charge is 2.53. The van der Waals surface area contributed by atoms with Crippen molar-refractivity contribution in [2.24, 2.45) is 4.99 Å². The second-order valence-electron chi connectivity index (χ2n) is 12.5. The minimum atomic E-state index is -1.36. The fourth-order valence-corrected chi connectivity index (χ4v) is 6.45. The number of ether oxygens (including phenoxy) is 2. The van der Waals surface area contributed by atoms with Crippen molar-refractivity contribution < 1.29 is 24.5 Å². The van der Waals surface area contributed by atoms with Gasteiger partial charge >= 0.3 is 0 Å². The number of rotatable bonds is 13. The number of nitrogens with zero attached hydrogens (tertiary/aromatic N) is 1. The molecule has 0 aromatic heterocycles. The molecular weight excluding hydrogens is 590 g/mol. The van der Waals surface area contributed by atoms with Gasteiger partial charge in [0.05, 0.1) is 12.2 Å². The standard InChI is InChI=1S/C39H43N3O5/c43-25-10-26-46-34-21-19-33(20-22-34)36-41-39(27-29-11-4-1-5-12-29,37(44)42-40-28-38(45)23-8-3-9-24-38)35(47-36)32-17-15-31(16-18-32)30-13-6-2-7-14-30/h1-2,4-7,11-22,35,40,43,45H,3,8-10,23-28H2,(H,42,44)/t35-,39-/m0/s1. The Balaban J connectivity index is 1.35. The molecular formula is C39H43N3O5. The van der Waals surface area contributed by atoms with Crippen LogP contribution in [0, 0.1) is 0 Å². The van der Waals surface area contributed by atoms with Gasteiger partial charge < -0.3 is 19.7 Å². The van der Waals surface area contributed by atoms with E-state index in [2.05, 4.69) is 23.0 Å². The molecule has 0 saturated heterocycles. The van der Waals surface area contributed by atoms with Gasteiger partial charge in [-0.3, -0.25) is 10.2 Å². The molecule has 8 heteroatoms. The molecule has 8 nitrogen and oxygen atoms in total. The van der Waals surface area contributed by atoms with Gasteiger partial charge in [-0.1, -0.05) is 104 Å². The summed E-state index contributed by atoms with van der Waals surface area (Å²) in [6, 6.07) is 35.5. The number of carbonyl (C=O) groups is 1. The molecule has 0 unspecified atom stereocenters. The van der Waals surface area contributed by atoms with Crippen LogP contribution in [0.5, 0.6) is 5.75 Å². The molecule has 2 atom stereocenters. The van der Waals surface area contributed by atoms with Crippen LogP contribution in [-0.2, 0) is 16.0 Å². The molecule has 0 bridgehead atoms. The van der Waals surface area contributed by atoms with Crippen molar-refractivity contribution >= 4 is 11.8 Å². The lowest BCUT2D eigenvalue weighted by Crippen LogP contribution is -2.56.